The van der Waals surface area contributed by atoms with E-state index in [2.05, 4.69) is 0 Å². The number of fused-ring (bicyclic) bond motifs is 6. The Morgan fingerprint density at radius 2 is 1.37 bits per heavy atom. The molecule has 2 aromatic rings. The van der Waals surface area contributed by atoms with Gasteiger partial charge in [0, 0.05) is 23.1 Å². The van der Waals surface area contributed by atoms with Crippen LogP contribution < -0.4 is 4.74 Å². The molecule has 2 heterocycles. The first-order valence-electron chi connectivity index (χ1n) is 14.4. The maximum Gasteiger partial charge on any atom is 0.435 e. The Bertz CT molecular complexity index is 1670. The number of likely N-dealkylation sites (tertiary alicyclic amines) is 1. The van der Waals surface area contributed by atoms with Crippen LogP contribution in [0.5, 0.6) is 5.75 Å². The maximum atomic E-state index is 15.0. The van der Waals surface area contributed by atoms with Gasteiger partial charge in [-0.3, -0.25) is 9.59 Å². The fraction of sp³-hybridized carbons (Fsp3) is 0.533. The molecule has 16 heteroatoms. The highest BCUT2D eigenvalue weighted by atomic mass is 32.2. The third-order valence-corrected chi connectivity index (χ3v) is 13.2. The lowest BCUT2D eigenvalue weighted by Gasteiger charge is -2.52. The summed E-state index contributed by atoms with van der Waals surface area (Å²) in [5.41, 5.74) is -9.98. The predicted molar refractivity (Wildman–Crippen MR) is 142 cm³/mol. The Hall–Kier alpha value is -3.43. The molecule has 3 saturated carbocycles. The molecule has 4 fully saturated rings. The molecule has 250 valence electrons. The largest absolute Gasteiger partial charge is 0.491 e. The van der Waals surface area contributed by atoms with Crippen molar-refractivity contribution in [2.75, 3.05) is 13.2 Å². The second kappa shape index (κ2) is 10.0. The number of alkyl halides is 7. The zero-order valence-electron chi connectivity index (χ0n) is 23.9. The van der Waals surface area contributed by atoms with Crippen LogP contribution in [0.3, 0.4) is 0 Å². The second-order valence-corrected chi connectivity index (χ2v) is 14.9. The minimum absolute atomic E-state index is 0.186. The summed E-state index contributed by atoms with van der Waals surface area (Å²) >= 11 is 0. The van der Waals surface area contributed by atoms with Gasteiger partial charge in [-0.2, -0.15) is 26.3 Å². The molecule has 0 radical (unpaired) electrons. The van der Waals surface area contributed by atoms with Crippen LogP contribution in [-0.4, -0.2) is 61.8 Å². The molecule has 2 aromatic carbocycles. The molecule has 7 rings (SSSR count). The Balaban J connectivity index is 1.47. The molecule has 0 spiro atoms. The number of halogens is 8. The summed E-state index contributed by atoms with van der Waals surface area (Å²) in [4.78, 5) is 27.0. The minimum atomic E-state index is -6.43. The van der Waals surface area contributed by atoms with Gasteiger partial charge in [0.2, 0.25) is 5.91 Å². The Kier molecular flexibility index (Phi) is 7.09. The smallest absolute Gasteiger partial charge is 0.435 e. The fourth-order valence-electron chi connectivity index (χ4n) is 7.92. The molecule has 5 aliphatic rings. The average Bonchev–Trinajstić information content (AvgIpc) is 3.41. The highest BCUT2D eigenvalue weighted by Gasteiger charge is 2.74. The lowest BCUT2D eigenvalue weighted by atomic mass is 9.53. The number of rotatable bonds is 5. The van der Waals surface area contributed by atoms with Crippen molar-refractivity contribution in [3.63, 3.8) is 0 Å². The van der Waals surface area contributed by atoms with Crippen LogP contribution in [0.4, 0.5) is 35.1 Å². The van der Waals surface area contributed by atoms with Gasteiger partial charge in [-0.1, -0.05) is 12.1 Å². The highest BCUT2D eigenvalue weighted by molar-refractivity contribution is 7.92. The minimum Gasteiger partial charge on any atom is -0.491 e. The summed E-state index contributed by atoms with van der Waals surface area (Å²) in [6.45, 7) is -0.868. The van der Waals surface area contributed by atoms with E-state index in [-0.39, 0.29) is 69.2 Å². The number of carbonyl (C=O) groups excluding carboxylic acids is 1. The van der Waals surface area contributed by atoms with Gasteiger partial charge in [0.05, 0.1) is 16.4 Å². The van der Waals surface area contributed by atoms with E-state index in [0.29, 0.717) is 6.07 Å². The van der Waals surface area contributed by atoms with E-state index in [1.807, 2.05) is 0 Å². The summed E-state index contributed by atoms with van der Waals surface area (Å²) in [5, 5.41) is 9.75. The SMILES string of the molecule is O=C(O)C12CCC(C(=O)N3CCC4(S(=O)(=O)c5ccc(F)cc5)c5ccc(C(F)(C(F)(F)F)C(F)(F)F)cc5OCC34)(CC1)CC2. The summed E-state index contributed by atoms with van der Waals surface area (Å²) in [6, 6.07) is 3.36. The molecule has 1 N–H and O–H groups in total. The third kappa shape index (κ3) is 4.23. The van der Waals surface area contributed by atoms with Crippen LogP contribution in [0, 0.1) is 16.6 Å². The first-order chi connectivity index (χ1) is 21.3. The number of ether oxygens (including phenoxy) is 1. The van der Waals surface area contributed by atoms with Crippen molar-refractivity contribution < 1.29 is 63.0 Å². The zero-order valence-corrected chi connectivity index (χ0v) is 24.7. The van der Waals surface area contributed by atoms with E-state index >= 15 is 0 Å². The number of carboxylic acid groups (broad SMARTS) is 1. The lowest BCUT2D eigenvalue weighted by Crippen LogP contribution is -2.59. The van der Waals surface area contributed by atoms with Crippen molar-refractivity contribution in [2.45, 2.75) is 78.7 Å². The Morgan fingerprint density at radius 1 is 0.826 bits per heavy atom. The topological polar surface area (TPSA) is 101 Å². The number of aliphatic carboxylic acids is 1. The first kappa shape index (κ1) is 32.5. The van der Waals surface area contributed by atoms with E-state index in [0.717, 1.165) is 24.3 Å². The van der Waals surface area contributed by atoms with Crippen molar-refractivity contribution >= 4 is 21.7 Å². The van der Waals surface area contributed by atoms with Crippen LogP contribution in [-0.2, 0) is 29.8 Å². The van der Waals surface area contributed by atoms with Crippen LogP contribution in [0.25, 0.3) is 0 Å². The van der Waals surface area contributed by atoms with Gasteiger partial charge >= 0.3 is 24.0 Å². The van der Waals surface area contributed by atoms with Gasteiger partial charge in [0.15, 0.2) is 9.84 Å². The molecule has 46 heavy (non-hydrogen) atoms. The van der Waals surface area contributed by atoms with Crippen molar-refractivity contribution in [2.24, 2.45) is 10.8 Å². The summed E-state index contributed by atoms with van der Waals surface area (Å²) in [7, 11) is -4.69. The number of sulfone groups is 1. The first-order valence-corrected chi connectivity index (χ1v) is 15.9. The molecule has 2 unspecified atom stereocenters. The Morgan fingerprint density at radius 3 is 1.89 bits per heavy atom. The highest BCUT2D eigenvalue weighted by Crippen LogP contribution is 2.61. The summed E-state index contributed by atoms with van der Waals surface area (Å²) in [6.07, 6.45) is -11.8. The van der Waals surface area contributed by atoms with Crippen molar-refractivity contribution in [3.8, 4) is 5.75 Å². The van der Waals surface area contributed by atoms with Crippen molar-refractivity contribution in [1.29, 1.82) is 0 Å². The summed E-state index contributed by atoms with van der Waals surface area (Å²) in [5.74, 6) is -2.92. The number of amides is 1. The lowest BCUT2D eigenvalue weighted by molar-refractivity contribution is -0.348. The normalized spacial score (nSPS) is 29.6. The average molecular weight is 682 g/mol. The molecular weight excluding hydrogens is 654 g/mol. The fourth-order valence-corrected chi connectivity index (χ4v) is 10.2. The molecule has 2 atom stereocenters. The van der Waals surface area contributed by atoms with Crippen LogP contribution >= 0.6 is 0 Å². The van der Waals surface area contributed by atoms with Crippen LogP contribution in [0.1, 0.15) is 56.1 Å². The van der Waals surface area contributed by atoms with E-state index in [1.165, 1.54) is 4.90 Å². The third-order valence-electron chi connectivity index (χ3n) is 10.7. The van der Waals surface area contributed by atoms with Gasteiger partial charge in [0.1, 0.15) is 22.9 Å². The monoisotopic (exact) mass is 681 g/mol. The second-order valence-electron chi connectivity index (χ2n) is 12.7. The Labute approximate surface area is 257 Å². The molecule has 0 aromatic heterocycles. The maximum absolute atomic E-state index is 15.0. The molecule has 1 saturated heterocycles. The van der Waals surface area contributed by atoms with Gasteiger partial charge < -0.3 is 14.7 Å². The van der Waals surface area contributed by atoms with Gasteiger partial charge in [-0.25, -0.2) is 17.2 Å². The number of benzene rings is 2. The molecule has 1 amide bonds. The van der Waals surface area contributed by atoms with E-state index < -0.39 is 90.0 Å². The molecular formula is C30H27F8NO6S. The molecule has 7 nitrogen and oxygen atoms in total. The number of hydrogen-bond acceptors (Lipinski definition) is 5. The quantitative estimate of drug-likeness (QED) is 0.298. The van der Waals surface area contributed by atoms with E-state index in [1.54, 1.807) is 0 Å². The van der Waals surface area contributed by atoms with E-state index in [4.69, 9.17) is 4.74 Å². The number of nitrogens with zero attached hydrogens (tertiary/aromatic N) is 1. The van der Waals surface area contributed by atoms with Crippen LogP contribution in [0.15, 0.2) is 47.4 Å². The zero-order chi connectivity index (χ0) is 33.7. The van der Waals surface area contributed by atoms with Gasteiger partial charge in [0.25, 0.3) is 0 Å². The standard InChI is InChI=1S/C30H27F8NO6S/c31-18-2-4-19(5-3-18)46(43,44)27-13-14-39(23(40)25-7-10-26(11-8-25,12-9-25)24(41)42)22(27)16-45-21-15-17(1-6-20(21)27)28(32,29(33,34)35)30(36,37)38/h1-6,15,22H,7-14,16H2,(H,41,42). The molecule has 2 bridgehead atoms. The van der Waals surface area contributed by atoms with Gasteiger partial charge in [-0.15, -0.1) is 0 Å². The molecule has 2 aliphatic heterocycles. The van der Waals surface area contributed by atoms with Crippen molar-refractivity contribution in [3.05, 3.63) is 59.4 Å². The predicted octanol–water partition coefficient (Wildman–Crippen LogP) is 6.20. The summed E-state index contributed by atoms with van der Waals surface area (Å²) < 4.78 is 143. The van der Waals surface area contributed by atoms with Crippen LogP contribution in [0.2, 0.25) is 0 Å². The molecule has 3 aliphatic carbocycles. The van der Waals surface area contributed by atoms with Crippen molar-refractivity contribution in [1.82, 2.24) is 4.90 Å². The number of hydrogen-bond donors (Lipinski definition) is 1. The van der Waals surface area contributed by atoms with E-state index in [9.17, 15) is 58.2 Å². The number of carboxylic acids is 1. The number of carbonyl (C=O) groups is 2. The van der Waals surface area contributed by atoms with Gasteiger partial charge in [-0.05, 0) is 75.3 Å².